The quantitative estimate of drug-likeness (QED) is 0.874. The summed E-state index contributed by atoms with van der Waals surface area (Å²) in [7, 11) is 0. The van der Waals surface area contributed by atoms with Gasteiger partial charge >= 0.3 is 5.97 Å². The summed E-state index contributed by atoms with van der Waals surface area (Å²) in [6.45, 7) is 3.03. The van der Waals surface area contributed by atoms with Crippen molar-refractivity contribution in [1.82, 2.24) is 10.3 Å². The van der Waals surface area contributed by atoms with E-state index in [9.17, 15) is 9.59 Å². The number of aromatic carboxylic acids is 1. The van der Waals surface area contributed by atoms with E-state index >= 15 is 0 Å². The van der Waals surface area contributed by atoms with E-state index in [1.165, 1.54) is 0 Å². The van der Waals surface area contributed by atoms with Gasteiger partial charge in [0.25, 0.3) is 0 Å². The van der Waals surface area contributed by atoms with Crippen LogP contribution < -0.4 is 10.2 Å². The number of aromatic nitrogens is 1. The van der Waals surface area contributed by atoms with Gasteiger partial charge in [0.05, 0.1) is 0 Å². The van der Waals surface area contributed by atoms with E-state index < -0.39 is 5.97 Å². The van der Waals surface area contributed by atoms with Gasteiger partial charge in [0.1, 0.15) is 6.04 Å². The molecule has 0 spiro atoms. The number of hydrogen-bond acceptors (Lipinski definition) is 5. The first-order valence-electron chi connectivity index (χ1n) is 5.48. The molecule has 1 saturated heterocycles. The zero-order valence-electron chi connectivity index (χ0n) is 9.64. The summed E-state index contributed by atoms with van der Waals surface area (Å²) < 4.78 is 0. The third kappa shape index (κ3) is 2.28. The van der Waals surface area contributed by atoms with Gasteiger partial charge in [-0.2, -0.15) is 0 Å². The predicted molar refractivity (Wildman–Crippen MR) is 68.5 cm³/mol. The number of carbonyl (C=O) groups excluding carboxylic acids is 1. The number of carboxylic acids is 1. The summed E-state index contributed by atoms with van der Waals surface area (Å²) in [6.07, 6.45) is 0.630. The van der Waals surface area contributed by atoms with E-state index in [0.717, 1.165) is 11.3 Å². The number of anilines is 1. The zero-order chi connectivity index (χ0) is 13.3. The van der Waals surface area contributed by atoms with Crippen LogP contribution in [-0.2, 0) is 4.79 Å². The third-order valence-corrected chi connectivity index (χ3v) is 4.20. The Labute approximate surface area is 113 Å². The van der Waals surface area contributed by atoms with Crippen molar-refractivity contribution in [1.29, 1.82) is 0 Å². The minimum Gasteiger partial charge on any atom is -0.477 e. The molecule has 1 aromatic rings. The molecule has 2 rings (SSSR count). The Bertz CT molecular complexity index is 491. The van der Waals surface area contributed by atoms with E-state index in [4.69, 9.17) is 16.7 Å². The second-order valence-corrected chi connectivity index (χ2v) is 5.17. The molecule has 1 amide bonds. The minimum absolute atomic E-state index is 0.00695. The van der Waals surface area contributed by atoms with Gasteiger partial charge in [-0.1, -0.05) is 29.9 Å². The minimum atomic E-state index is -1.10. The van der Waals surface area contributed by atoms with Crippen molar-refractivity contribution in [2.75, 3.05) is 18.0 Å². The van der Waals surface area contributed by atoms with Crippen LogP contribution in [0.2, 0.25) is 5.15 Å². The fourth-order valence-corrected chi connectivity index (χ4v) is 3.09. The summed E-state index contributed by atoms with van der Waals surface area (Å²) >= 11 is 6.78. The van der Waals surface area contributed by atoms with Crippen molar-refractivity contribution in [2.24, 2.45) is 0 Å². The van der Waals surface area contributed by atoms with Crippen molar-refractivity contribution >= 4 is 39.9 Å². The van der Waals surface area contributed by atoms with Gasteiger partial charge in [0.15, 0.2) is 15.2 Å². The number of nitrogens with zero attached hydrogens (tertiary/aromatic N) is 2. The van der Waals surface area contributed by atoms with Crippen LogP contribution in [0.3, 0.4) is 0 Å². The van der Waals surface area contributed by atoms with Crippen LogP contribution in [0, 0.1) is 0 Å². The highest BCUT2D eigenvalue weighted by Gasteiger charge is 2.31. The standard InChI is InChI=1S/C10H12ClN3O3S/c1-2-5-8(15)12-3-4-14(5)10-13-7(11)6(18-10)9(16)17/h5H,2-4H2,1H3,(H,12,15)(H,16,17). The molecule has 1 fully saturated rings. The van der Waals surface area contributed by atoms with Gasteiger partial charge in [-0.3, -0.25) is 4.79 Å². The molecule has 1 aliphatic heterocycles. The predicted octanol–water partition coefficient (Wildman–Crippen LogP) is 1.21. The van der Waals surface area contributed by atoms with Crippen LogP contribution >= 0.6 is 22.9 Å². The van der Waals surface area contributed by atoms with Gasteiger partial charge in [0, 0.05) is 13.1 Å². The third-order valence-electron chi connectivity index (χ3n) is 2.73. The van der Waals surface area contributed by atoms with Crippen molar-refractivity contribution in [3.05, 3.63) is 10.0 Å². The Morgan fingerprint density at radius 1 is 1.72 bits per heavy atom. The molecule has 0 aliphatic carbocycles. The molecule has 1 unspecified atom stereocenters. The molecule has 1 atom stereocenters. The van der Waals surface area contributed by atoms with E-state index in [0.29, 0.717) is 24.6 Å². The first-order valence-corrected chi connectivity index (χ1v) is 6.68. The Balaban J connectivity index is 2.32. The van der Waals surface area contributed by atoms with Gasteiger partial charge in [-0.25, -0.2) is 9.78 Å². The fraction of sp³-hybridized carbons (Fsp3) is 0.500. The Morgan fingerprint density at radius 3 is 3.00 bits per heavy atom. The van der Waals surface area contributed by atoms with E-state index in [-0.39, 0.29) is 22.0 Å². The highest BCUT2D eigenvalue weighted by atomic mass is 35.5. The Morgan fingerprint density at radius 2 is 2.44 bits per heavy atom. The summed E-state index contributed by atoms with van der Waals surface area (Å²) in [6, 6.07) is -0.317. The molecule has 1 aromatic heterocycles. The van der Waals surface area contributed by atoms with Crippen molar-refractivity contribution in [3.8, 4) is 0 Å². The molecule has 6 nitrogen and oxygen atoms in total. The first-order chi connectivity index (χ1) is 8.54. The van der Waals surface area contributed by atoms with E-state index in [2.05, 4.69) is 10.3 Å². The van der Waals surface area contributed by atoms with Crippen LogP contribution in [0.15, 0.2) is 0 Å². The van der Waals surface area contributed by atoms with Gasteiger partial charge in [-0.15, -0.1) is 0 Å². The average Bonchev–Trinajstić information content (AvgIpc) is 2.71. The number of thiazole rings is 1. The molecular weight excluding hydrogens is 278 g/mol. The van der Waals surface area contributed by atoms with Gasteiger partial charge in [-0.05, 0) is 6.42 Å². The number of rotatable bonds is 3. The number of halogens is 1. The molecule has 18 heavy (non-hydrogen) atoms. The maximum Gasteiger partial charge on any atom is 0.349 e. The lowest BCUT2D eigenvalue weighted by Gasteiger charge is -2.34. The molecule has 1 aliphatic rings. The number of amides is 1. The highest BCUT2D eigenvalue weighted by Crippen LogP contribution is 2.31. The number of carboxylic acid groups (broad SMARTS) is 1. The Kier molecular flexibility index (Phi) is 3.72. The molecular formula is C10H12ClN3O3S. The lowest BCUT2D eigenvalue weighted by molar-refractivity contribution is -0.123. The summed E-state index contributed by atoms with van der Waals surface area (Å²) in [5.41, 5.74) is 0. The fourth-order valence-electron chi connectivity index (χ4n) is 1.90. The van der Waals surface area contributed by atoms with Crippen LogP contribution in [0.25, 0.3) is 0 Å². The van der Waals surface area contributed by atoms with Gasteiger partial charge in [0.2, 0.25) is 5.91 Å². The Hall–Kier alpha value is -1.34. The van der Waals surface area contributed by atoms with Crippen molar-refractivity contribution < 1.29 is 14.7 Å². The number of piperazine rings is 1. The first kappa shape index (κ1) is 13.1. The molecule has 0 aromatic carbocycles. The second-order valence-electron chi connectivity index (χ2n) is 3.83. The number of hydrogen-bond donors (Lipinski definition) is 2. The maximum atomic E-state index is 11.7. The molecule has 0 radical (unpaired) electrons. The van der Waals surface area contributed by atoms with E-state index in [1.807, 2.05) is 11.8 Å². The maximum absolute atomic E-state index is 11.7. The summed E-state index contributed by atoms with van der Waals surface area (Å²) in [4.78, 5) is 28.5. The summed E-state index contributed by atoms with van der Waals surface area (Å²) in [5.74, 6) is -1.16. The SMILES string of the molecule is CCC1C(=O)NCCN1c1nc(Cl)c(C(=O)O)s1. The lowest BCUT2D eigenvalue weighted by Crippen LogP contribution is -2.55. The molecule has 0 saturated carbocycles. The van der Waals surface area contributed by atoms with Crippen LogP contribution in [-0.4, -0.2) is 41.1 Å². The smallest absolute Gasteiger partial charge is 0.349 e. The van der Waals surface area contributed by atoms with Crippen LogP contribution in [0.4, 0.5) is 5.13 Å². The largest absolute Gasteiger partial charge is 0.477 e. The molecule has 8 heteroatoms. The lowest BCUT2D eigenvalue weighted by atomic mass is 10.1. The number of nitrogens with one attached hydrogen (secondary N) is 1. The van der Waals surface area contributed by atoms with Crippen molar-refractivity contribution in [2.45, 2.75) is 19.4 Å². The zero-order valence-corrected chi connectivity index (χ0v) is 11.2. The monoisotopic (exact) mass is 289 g/mol. The van der Waals surface area contributed by atoms with Crippen LogP contribution in [0.1, 0.15) is 23.0 Å². The molecule has 2 heterocycles. The highest BCUT2D eigenvalue weighted by molar-refractivity contribution is 7.18. The van der Waals surface area contributed by atoms with Crippen LogP contribution in [0.5, 0.6) is 0 Å². The van der Waals surface area contributed by atoms with E-state index in [1.54, 1.807) is 0 Å². The topological polar surface area (TPSA) is 82.5 Å². The normalized spacial score (nSPS) is 19.8. The summed E-state index contributed by atoms with van der Waals surface area (Å²) in [5, 5.41) is 12.2. The molecule has 98 valence electrons. The van der Waals surface area contributed by atoms with Crippen molar-refractivity contribution in [3.63, 3.8) is 0 Å². The number of carbonyl (C=O) groups is 2. The molecule has 2 N–H and O–H groups in total. The second kappa shape index (κ2) is 5.11. The molecule has 0 bridgehead atoms. The average molecular weight is 290 g/mol. The van der Waals surface area contributed by atoms with Gasteiger partial charge < -0.3 is 15.3 Å².